The van der Waals surface area contributed by atoms with Gasteiger partial charge in [0.1, 0.15) is 0 Å². The Morgan fingerprint density at radius 1 is 1.29 bits per heavy atom. The van der Waals surface area contributed by atoms with Gasteiger partial charge in [0.2, 0.25) is 5.91 Å². The molecule has 0 radical (unpaired) electrons. The van der Waals surface area contributed by atoms with Gasteiger partial charge in [-0.05, 0) is 56.8 Å². The van der Waals surface area contributed by atoms with Crippen LogP contribution in [0.5, 0.6) is 0 Å². The molecule has 2 aromatic rings. The van der Waals surface area contributed by atoms with Crippen LogP contribution in [0.15, 0.2) is 78.6 Å². The number of allylic oxidation sites excluding steroid dienone is 4. The number of aliphatic imine (C=N–C) groups is 1. The van der Waals surface area contributed by atoms with Crippen molar-refractivity contribution in [2.45, 2.75) is 40.5 Å². The van der Waals surface area contributed by atoms with Crippen LogP contribution in [0.25, 0.3) is 16.8 Å². The molecule has 0 saturated carbocycles. The Balaban J connectivity index is 0.00000521. The van der Waals surface area contributed by atoms with Crippen LogP contribution in [0.1, 0.15) is 51.8 Å². The van der Waals surface area contributed by atoms with Gasteiger partial charge in [-0.2, -0.15) is 5.10 Å². The molecule has 0 aliphatic rings. The summed E-state index contributed by atoms with van der Waals surface area (Å²) in [5.41, 5.74) is 11.4. The molecule has 0 aliphatic carbocycles. The predicted octanol–water partition coefficient (Wildman–Crippen LogP) is 4.74. The Morgan fingerprint density at radius 2 is 1.98 bits per heavy atom. The van der Waals surface area contributed by atoms with E-state index >= 15 is 0 Å². The van der Waals surface area contributed by atoms with Gasteiger partial charge in [0.25, 0.3) is 0 Å². The summed E-state index contributed by atoms with van der Waals surface area (Å²) in [4.78, 5) is 23.2. The zero-order chi connectivity index (χ0) is 30.2. The van der Waals surface area contributed by atoms with Gasteiger partial charge >= 0.3 is 0 Å². The summed E-state index contributed by atoms with van der Waals surface area (Å²) >= 11 is 0. The fraction of sp³-hybridized carbons (Fsp3) is 0.355. The average molecular weight is 784 g/mol. The van der Waals surface area contributed by atoms with Crippen LogP contribution in [0, 0.1) is 43.6 Å². The average Bonchev–Trinajstić information content (AvgIpc) is 3.41. The van der Waals surface area contributed by atoms with Crippen LogP contribution in [0.3, 0.4) is 0 Å². The maximum absolute atomic E-state index is 12.5. The number of rotatable bonds is 14. The Kier molecular flexibility index (Phi) is 18.3. The number of hydrogen-bond donors (Lipinski definition) is 3. The molecule has 0 aliphatic heterocycles. The van der Waals surface area contributed by atoms with Crippen LogP contribution in [0.2, 0.25) is 0 Å². The summed E-state index contributed by atoms with van der Waals surface area (Å²) in [5, 5.41) is 10.8. The number of amides is 1. The molecule has 220 valence electrons. The molecule has 0 bridgehead atoms. The molecule has 2 heterocycles. The van der Waals surface area contributed by atoms with E-state index < -0.39 is 0 Å². The number of fused-ring (bicyclic) bond motifs is 1. The van der Waals surface area contributed by atoms with E-state index in [4.69, 9.17) is 12.3 Å². The van der Waals surface area contributed by atoms with E-state index in [-0.39, 0.29) is 42.9 Å². The number of nitrogens with one attached hydrogen (secondary N) is 2. The predicted molar refractivity (Wildman–Crippen MR) is 168 cm³/mol. The summed E-state index contributed by atoms with van der Waals surface area (Å²) in [7, 11) is 3.66. The van der Waals surface area contributed by atoms with Crippen molar-refractivity contribution in [2.24, 2.45) is 16.6 Å². The van der Waals surface area contributed by atoms with E-state index in [0.29, 0.717) is 41.2 Å². The number of hydrogen-bond acceptors (Lipinski definition) is 7. The van der Waals surface area contributed by atoms with Crippen LogP contribution in [-0.4, -0.2) is 58.8 Å². The van der Waals surface area contributed by atoms with Crippen molar-refractivity contribution < 1.29 is 35.9 Å². The standard InChI is InChI=1S/C29H41N8O.C2H4.U/c1-9-20(4)21(5)26(14-24(10-2)35-29(38)12-13-36(8)11-3)34-22(6)25-17-33-37-19-27(32-18-28(25)37)23(15-30)16-31-7;1-2;/h6,10,14-20,34H,2,9,11-13,30H2,1,3-5,7-8H3,(H,35,38);1-2H2;/q-1;;/b23-15+,24-14+,26-21+,31-16?;;. The van der Waals surface area contributed by atoms with Crippen molar-refractivity contribution in [2.75, 3.05) is 27.2 Å². The van der Waals surface area contributed by atoms with Crippen molar-refractivity contribution in [1.29, 1.82) is 0 Å². The van der Waals surface area contributed by atoms with Crippen LogP contribution < -0.4 is 16.4 Å². The van der Waals surface area contributed by atoms with E-state index in [1.807, 2.05) is 13.1 Å². The second-order valence-corrected chi connectivity index (χ2v) is 9.11. The number of carbonyl (C=O) groups is 1. The van der Waals surface area contributed by atoms with Crippen LogP contribution >= 0.6 is 0 Å². The smallest absolute Gasteiger partial charge is 0.225 e. The second kappa shape index (κ2) is 19.8. The maximum atomic E-state index is 12.5. The Labute approximate surface area is 269 Å². The molecule has 2 aromatic heterocycles. The van der Waals surface area contributed by atoms with Crippen molar-refractivity contribution in [3.63, 3.8) is 0 Å². The maximum Gasteiger partial charge on any atom is 0.225 e. The minimum absolute atomic E-state index is 0. The molecule has 0 fully saturated rings. The molecule has 41 heavy (non-hydrogen) atoms. The minimum Gasteiger partial charge on any atom is -0.404 e. The first-order valence-electron chi connectivity index (χ1n) is 13.3. The largest absolute Gasteiger partial charge is 0.404 e. The third-order valence-corrected chi connectivity index (χ3v) is 6.55. The summed E-state index contributed by atoms with van der Waals surface area (Å²) in [5.74, 6) is 0.217. The van der Waals surface area contributed by atoms with Crippen molar-refractivity contribution in [3.05, 3.63) is 91.5 Å². The summed E-state index contributed by atoms with van der Waals surface area (Å²) in [6.45, 7) is 26.4. The minimum atomic E-state index is -0.0718. The van der Waals surface area contributed by atoms with Gasteiger partial charge in [0.15, 0.2) is 0 Å². The van der Waals surface area contributed by atoms with Crippen molar-refractivity contribution in [1.82, 2.24) is 30.1 Å². The molecule has 2 rings (SSSR count). The monoisotopic (exact) mass is 783 g/mol. The molecule has 10 heteroatoms. The Hall–Kier alpha value is -3.19. The number of aromatic nitrogens is 3. The first kappa shape index (κ1) is 37.8. The van der Waals surface area contributed by atoms with Crippen molar-refractivity contribution >= 4 is 28.9 Å². The van der Waals surface area contributed by atoms with Gasteiger partial charge in [-0.25, -0.2) is 0 Å². The topological polar surface area (TPSA) is 113 Å². The Morgan fingerprint density at radius 3 is 2.54 bits per heavy atom. The number of carbonyl (C=O) groups excluding carboxylic acids is 1. The van der Waals surface area contributed by atoms with Gasteiger partial charge in [-0.1, -0.05) is 27.4 Å². The molecular formula is C31H45N8OU-. The van der Waals surface area contributed by atoms with Gasteiger partial charge in [-0.3, -0.25) is 25.9 Å². The van der Waals surface area contributed by atoms with Gasteiger partial charge in [0.05, 0.1) is 11.9 Å². The first-order chi connectivity index (χ1) is 19.2. The zero-order valence-corrected chi connectivity index (χ0v) is 29.5. The van der Waals surface area contributed by atoms with Crippen LogP contribution in [0.4, 0.5) is 0 Å². The molecule has 0 saturated heterocycles. The molecule has 1 atom stereocenters. The van der Waals surface area contributed by atoms with Gasteiger partial charge < -0.3 is 21.3 Å². The molecule has 4 N–H and O–H groups in total. The fourth-order valence-corrected chi connectivity index (χ4v) is 3.58. The van der Waals surface area contributed by atoms with E-state index in [1.54, 1.807) is 42.4 Å². The normalized spacial score (nSPS) is 13.1. The summed E-state index contributed by atoms with van der Waals surface area (Å²) < 4.78 is 1.70. The quantitative estimate of drug-likeness (QED) is 0.111. The number of nitrogens with two attached hydrogens (primary N) is 1. The van der Waals surface area contributed by atoms with E-state index in [1.165, 1.54) is 6.20 Å². The first-order valence-corrected chi connectivity index (χ1v) is 13.3. The molecule has 1 unspecified atom stereocenters. The molecule has 1 amide bonds. The Bertz CT molecular complexity index is 1290. The molecular weight excluding hydrogens is 738 g/mol. The third-order valence-electron chi connectivity index (χ3n) is 6.55. The third kappa shape index (κ3) is 11.3. The molecule has 0 aromatic carbocycles. The van der Waals surface area contributed by atoms with Gasteiger partial charge in [0, 0.05) is 92.2 Å². The van der Waals surface area contributed by atoms with E-state index in [0.717, 1.165) is 29.8 Å². The van der Waals surface area contributed by atoms with Crippen LogP contribution in [-0.2, 0) is 4.79 Å². The molecule has 0 spiro atoms. The number of nitrogens with zero attached hydrogens (tertiary/aromatic N) is 5. The fourth-order valence-electron chi connectivity index (χ4n) is 3.58. The van der Waals surface area contributed by atoms with E-state index in [2.05, 4.69) is 78.0 Å². The van der Waals surface area contributed by atoms with E-state index in [9.17, 15) is 4.79 Å². The van der Waals surface area contributed by atoms with Gasteiger partial charge in [-0.15, -0.1) is 24.4 Å². The second-order valence-electron chi connectivity index (χ2n) is 9.11. The molecule has 9 nitrogen and oxygen atoms in total. The summed E-state index contributed by atoms with van der Waals surface area (Å²) in [6, 6.07) is 0. The zero-order valence-electron chi connectivity index (χ0n) is 25.4. The summed E-state index contributed by atoms with van der Waals surface area (Å²) in [6.07, 6.45) is 13.1. The SMILES string of the molecule is C=C.[CH-]=C(NC(/C=C(\C=C)NC(=O)CCN(C)CC)=C(\C)C(C)CC)c1cnn2cc(/C(C=NC)=C/N)ncc12.[U]. The van der Waals surface area contributed by atoms with Crippen molar-refractivity contribution in [3.8, 4) is 0 Å².